The van der Waals surface area contributed by atoms with Crippen LogP contribution in [0.3, 0.4) is 0 Å². The summed E-state index contributed by atoms with van der Waals surface area (Å²) < 4.78 is 0. The molecular formula is C15H24N6. The molecule has 1 saturated heterocycles. The highest BCUT2D eigenvalue weighted by molar-refractivity contribution is 5.15. The first kappa shape index (κ1) is 14.3. The quantitative estimate of drug-likeness (QED) is 0.875. The van der Waals surface area contributed by atoms with Gasteiger partial charge in [-0.2, -0.15) is 5.10 Å². The molecule has 0 saturated carbocycles. The average molecular weight is 288 g/mol. The molecule has 21 heavy (non-hydrogen) atoms. The number of aryl methyl sites for hydroxylation is 1. The van der Waals surface area contributed by atoms with Crippen molar-refractivity contribution in [2.75, 3.05) is 27.2 Å². The van der Waals surface area contributed by atoms with Gasteiger partial charge in [0.25, 0.3) is 0 Å². The highest BCUT2D eigenvalue weighted by Gasteiger charge is 2.26. The predicted molar refractivity (Wildman–Crippen MR) is 81.9 cm³/mol. The second kappa shape index (κ2) is 5.99. The molecule has 6 nitrogen and oxygen atoms in total. The largest absolute Gasteiger partial charge is 0.345 e. The van der Waals surface area contributed by atoms with E-state index in [2.05, 4.69) is 51.0 Å². The molecule has 0 radical (unpaired) electrons. The minimum Gasteiger partial charge on any atom is -0.345 e. The molecule has 1 fully saturated rings. The third kappa shape index (κ3) is 3.33. The van der Waals surface area contributed by atoms with Crippen molar-refractivity contribution >= 4 is 0 Å². The predicted octanol–water partition coefficient (Wildman–Crippen LogP) is 1.49. The molecule has 114 valence electrons. The highest BCUT2D eigenvalue weighted by Crippen LogP contribution is 2.26. The number of nitrogens with zero attached hydrogens (tertiary/aromatic N) is 4. The molecule has 0 aromatic carbocycles. The van der Waals surface area contributed by atoms with Crippen LogP contribution in [0.4, 0.5) is 0 Å². The van der Waals surface area contributed by atoms with Gasteiger partial charge in [-0.15, -0.1) is 0 Å². The topological polar surface area (TPSA) is 63.8 Å². The Labute approximate surface area is 125 Å². The second-order valence-electron chi connectivity index (χ2n) is 6.27. The van der Waals surface area contributed by atoms with Crippen molar-refractivity contribution in [1.29, 1.82) is 0 Å². The lowest BCUT2D eigenvalue weighted by Crippen LogP contribution is -2.20. The van der Waals surface area contributed by atoms with Gasteiger partial charge in [0.15, 0.2) is 0 Å². The zero-order valence-corrected chi connectivity index (χ0v) is 13.1. The summed E-state index contributed by atoms with van der Waals surface area (Å²) in [6.07, 6.45) is 5.08. The van der Waals surface area contributed by atoms with Crippen LogP contribution < -0.4 is 0 Å². The molecule has 1 unspecified atom stereocenters. The number of hydrogen-bond acceptors (Lipinski definition) is 4. The minimum absolute atomic E-state index is 0.521. The van der Waals surface area contributed by atoms with E-state index in [9.17, 15) is 0 Å². The molecular weight excluding hydrogens is 264 g/mol. The summed E-state index contributed by atoms with van der Waals surface area (Å²) >= 11 is 0. The van der Waals surface area contributed by atoms with Crippen molar-refractivity contribution in [1.82, 2.24) is 30.0 Å². The van der Waals surface area contributed by atoms with Crippen LogP contribution in [0.25, 0.3) is 0 Å². The van der Waals surface area contributed by atoms with E-state index < -0.39 is 0 Å². The summed E-state index contributed by atoms with van der Waals surface area (Å²) in [6.45, 7) is 6.16. The minimum atomic E-state index is 0.521. The van der Waals surface area contributed by atoms with E-state index in [1.165, 1.54) is 23.4 Å². The van der Waals surface area contributed by atoms with Crippen molar-refractivity contribution in [3.8, 4) is 0 Å². The van der Waals surface area contributed by atoms with E-state index in [4.69, 9.17) is 0 Å². The van der Waals surface area contributed by atoms with Crippen LogP contribution in [0, 0.1) is 6.92 Å². The Morgan fingerprint density at radius 1 is 1.38 bits per heavy atom. The zero-order valence-electron chi connectivity index (χ0n) is 13.1. The van der Waals surface area contributed by atoms with Crippen LogP contribution in [0.15, 0.2) is 12.4 Å². The van der Waals surface area contributed by atoms with Crippen molar-refractivity contribution in [2.45, 2.75) is 32.4 Å². The normalized spacial score (nSPS) is 19.7. The standard InChI is InChI=1S/C15H24N6/c1-11-13(6-17-19-11)9-21-5-4-12(8-21)15-16-7-14(18-15)10-20(2)3/h6-7,12H,4-5,8-10H2,1-3H3,(H,16,18)(H,17,19). The molecule has 1 aliphatic rings. The fourth-order valence-electron chi connectivity index (χ4n) is 2.98. The Morgan fingerprint density at radius 3 is 2.95 bits per heavy atom. The van der Waals surface area contributed by atoms with E-state index in [1.54, 1.807) is 0 Å². The van der Waals surface area contributed by atoms with Gasteiger partial charge in [-0.1, -0.05) is 0 Å². The number of aromatic nitrogens is 4. The molecule has 1 aliphatic heterocycles. The summed E-state index contributed by atoms with van der Waals surface area (Å²) in [4.78, 5) is 12.7. The molecule has 2 aromatic rings. The lowest BCUT2D eigenvalue weighted by atomic mass is 10.1. The fraction of sp³-hybridized carbons (Fsp3) is 0.600. The van der Waals surface area contributed by atoms with Gasteiger partial charge in [-0.3, -0.25) is 10.00 Å². The van der Waals surface area contributed by atoms with Crippen LogP contribution in [-0.4, -0.2) is 57.1 Å². The molecule has 6 heteroatoms. The van der Waals surface area contributed by atoms with Gasteiger partial charge in [-0.25, -0.2) is 4.98 Å². The molecule has 0 amide bonds. The molecule has 2 N–H and O–H groups in total. The van der Waals surface area contributed by atoms with E-state index in [-0.39, 0.29) is 0 Å². The van der Waals surface area contributed by atoms with Crippen molar-refractivity contribution in [3.63, 3.8) is 0 Å². The van der Waals surface area contributed by atoms with Crippen molar-refractivity contribution in [2.24, 2.45) is 0 Å². The lowest BCUT2D eigenvalue weighted by Gasteiger charge is -2.14. The van der Waals surface area contributed by atoms with Gasteiger partial charge in [0.1, 0.15) is 5.82 Å². The summed E-state index contributed by atoms with van der Waals surface area (Å²) in [5.74, 6) is 1.66. The number of aromatic amines is 2. The zero-order chi connectivity index (χ0) is 14.8. The van der Waals surface area contributed by atoms with E-state index in [0.29, 0.717) is 5.92 Å². The Balaban J connectivity index is 1.59. The van der Waals surface area contributed by atoms with Gasteiger partial charge in [-0.05, 0) is 34.0 Å². The summed E-state index contributed by atoms with van der Waals surface area (Å²) in [5.41, 5.74) is 3.66. The summed E-state index contributed by atoms with van der Waals surface area (Å²) in [7, 11) is 4.15. The first-order chi connectivity index (χ1) is 10.1. The first-order valence-corrected chi connectivity index (χ1v) is 7.51. The molecule has 2 aromatic heterocycles. The Hall–Kier alpha value is -1.66. The third-order valence-electron chi connectivity index (χ3n) is 4.12. The van der Waals surface area contributed by atoms with Gasteiger partial charge in [0, 0.05) is 48.7 Å². The number of likely N-dealkylation sites (tertiary alicyclic amines) is 1. The van der Waals surface area contributed by atoms with E-state index >= 15 is 0 Å². The van der Waals surface area contributed by atoms with E-state index in [0.717, 1.165) is 32.0 Å². The number of imidazole rings is 1. The summed E-state index contributed by atoms with van der Waals surface area (Å²) in [6, 6.07) is 0. The van der Waals surface area contributed by atoms with Crippen LogP contribution in [-0.2, 0) is 13.1 Å². The van der Waals surface area contributed by atoms with Crippen LogP contribution in [0.5, 0.6) is 0 Å². The number of nitrogens with one attached hydrogen (secondary N) is 2. The van der Waals surface area contributed by atoms with Gasteiger partial charge >= 0.3 is 0 Å². The number of rotatable bonds is 5. The van der Waals surface area contributed by atoms with Gasteiger partial charge < -0.3 is 9.88 Å². The molecule has 0 spiro atoms. The smallest absolute Gasteiger partial charge is 0.110 e. The fourth-order valence-corrected chi connectivity index (χ4v) is 2.98. The second-order valence-corrected chi connectivity index (χ2v) is 6.27. The number of H-pyrrole nitrogens is 2. The summed E-state index contributed by atoms with van der Waals surface area (Å²) in [5, 5.41) is 7.10. The molecule has 0 bridgehead atoms. The maximum absolute atomic E-state index is 4.57. The van der Waals surface area contributed by atoms with Gasteiger partial charge in [0.05, 0.1) is 6.20 Å². The lowest BCUT2D eigenvalue weighted by molar-refractivity contribution is 0.325. The molecule has 0 aliphatic carbocycles. The van der Waals surface area contributed by atoms with Crippen LogP contribution in [0.1, 0.15) is 35.1 Å². The monoisotopic (exact) mass is 288 g/mol. The number of hydrogen-bond donors (Lipinski definition) is 2. The van der Waals surface area contributed by atoms with Crippen molar-refractivity contribution in [3.05, 3.63) is 35.2 Å². The maximum atomic E-state index is 4.57. The first-order valence-electron chi connectivity index (χ1n) is 7.51. The molecule has 3 rings (SSSR count). The van der Waals surface area contributed by atoms with Crippen molar-refractivity contribution < 1.29 is 0 Å². The van der Waals surface area contributed by atoms with E-state index in [1.807, 2.05) is 12.4 Å². The Bertz CT molecular complexity index is 585. The average Bonchev–Trinajstić information content (AvgIpc) is 3.12. The maximum Gasteiger partial charge on any atom is 0.110 e. The Morgan fingerprint density at radius 2 is 2.24 bits per heavy atom. The molecule has 3 heterocycles. The Kier molecular flexibility index (Phi) is 4.07. The third-order valence-corrected chi connectivity index (χ3v) is 4.12. The SMILES string of the molecule is Cc1[nH]ncc1CN1CCC(c2ncc(CN(C)C)[nH]2)C1. The molecule has 1 atom stereocenters. The van der Waals surface area contributed by atoms with Gasteiger partial charge in [0.2, 0.25) is 0 Å². The van der Waals surface area contributed by atoms with Crippen LogP contribution in [0.2, 0.25) is 0 Å². The highest BCUT2D eigenvalue weighted by atomic mass is 15.2. The van der Waals surface area contributed by atoms with Crippen LogP contribution >= 0.6 is 0 Å².